The fourth-order valence-corrected chi connectivity index (χ4v) is 2.24. The van der Waals surface area contributed by atoms with Crippen molar-refractivity contribution in [3.05, 3.63) is 41.2 Å². The fraction of sp³-hybridized carbons (Fsp3) is 0.375. The van der Waals surface area contributed by atoms with E-state index in [4.69, 9.17) is 5.11 Å². The van der Waals surface area contributed by atoms with E-state index in [1.165, 1.54) is 12.1 Å². The standard InChI is InChI=1S/C16H18FNO3/c1-16(2,12-6-7-12)18-15(21)11-4-3-10(13(17)9-11)5-8-14(19)20/h3-5,8-9,12H,6-7H2,1-2H3,(H,18,21)(H,19,20)/b8-5+. The third-order valence-corrected chi connectivity index (χ3v) is 3.70. The first-order valence-electron chi connectivity index (χ1n) is 6.82. The van der Waals surface area contributed by atoms with Crippen LogP contribution in [0.1, 0.15) is 42.6 Å². The maximum Gasteiger partial charge on any atom is 0.328 e. The van der Waals surface area contributed by atoms with E-state index in [9.17, 15) is 14.0 Å². The lowest BCUT2D eigenvalue weighted by Crippen LogP contribution is -2.45. The minimum absolute atomic E-state index is 0.135. The molecule has 4 nitrogen and oxygen atoms in total. The molecule has 1 aliphatic carbocycles. The number of aliphatic carboxylic acids is 1. The molecule has 1 fully saturated rings. The van der Waals surface area contributed by atoms with E-state index < -0.39 is 11.8 Å². The van der Waals surface area contributed by atoms with Gasteiger partial charge in [0.05, 0.1) is 0 Å². The van der Waals surface area contributed by atoms with E-state index >= 15 is 0 Å². The first-order valence-corrected chi connectivity index (χ1v) is 6.82. The van der Waals surface area contributed by atoms with Crippen LogP contribution in [0.3, 0.4) is 0 Å². The quantitative estimate of drug-likeness (QED) is 0.820. The van der Waals surface area contributed by atoms with Crippen LogP contribution in [0.4, 0.5) is 4.39 Å². The van der Waals surface area contributed by atoms with Crippen LogP contribution in [0.5, 0.6) is 0 Å². The van der Waals surface area contributed by atoms with E-state index in [0.29, 0.717) is 5.92 Å². The number of rotatable bonds is 5. The minimum atomic E-state index is -1.15. The van der Waals surface area contributed by atoms with Gasteiger partial charge in [-0.15, -0.1) is 0 Å². The Morgan fingerprint density at radius 2 is 2.05 bits per heavy atom. The Labute approximate surface area is 122 Å². The van der Waals surface area contributed by atoms with Crippen LogP contribution >= 0.6 is 0 Å². The number of carboxylic acids is 1. The molecule has 112 valence electrons. The average Bonchev–Trinajstić information content (AvgIpc) is 3.21. The minimum Gasteiger partial charge on any atom is -0.478 e. The summed E-state index contributed by atoms with van der Waals surface area (Å²) in [6.45, 7) is 3.92. The van der Waals surface area contributed by atoms with Gasteiger partial charge in [0.15, 0.2) is 0 Å². The molecule has 1 aliphatic rings. The zero-order valence-electron chi connectivity index (χ0n) is 12.0. The van der Waals surface area contributed by atoms with Crippen LogP contribution in [0.2, 0.25) is 0 Å². The number of amides is 1. The number of carbonyl (C=O) groups is 2. The van der Waals surface area contributed by atoms with Crippen molar-refractivity contribution in [1.29, 1.82) is 0 Å². The lowest BCUT2D eigenvalue weighted by atomic mass is 9.98. The van der Waals surface area contributed by atoms with Crippen molar-refractivity contribution >= 4 is 18.0 Å². The summed E-state index contributed by atoms with van der Waals surface area (Å²) in [6, 6.07) is 4.01. The van der Waals surface area contributed by atoms with Crippen molar-refractivity contribution in [1.82, 2.24) is 5.32 Å². The molecule has 0 bridgehead atoms. The van der Waals surface area contributed by atoms with Gasteiger partial charge in [0.2, 0.25) is 0 Å². The molecule has 5 heteroatoms. The van der Waals surface area contributed by atoms with E-state index in [-0.39, 0.29) is 22.6 Å². The van der Waals surface area contributed by atoms with Crippen molar-refractivity contribution in [3.8, 4) is 0 Å². The van der Waals surface area contributed by atoms with Gasteiger partial charge in [-0.05, 0) is 50.8 Å². The number of halogens is 1. The molecular weight excluding hydrogens is 273 g/mol. The maximum atomic E-state index is 13.8. The Balaban J connectivity index is 2.12. The van der Waals surface area contributed by atoms with E-state index in [1.54, 1.807) is 0 Å². The van der Waals surface area contributed by atoms with Crippen molar-refractivity contribution in [3.63, 3.8) is 0 Å². The summed E-state index contributed by atoms with van der Waals surface area (Å²) >= 11 is 0. The van der Waals surface area contributed by atoms with Gasteiger partial charge in [-0.3, -0.25) is 4.79 Å². The summed E-state index contributed by atoms with van der Waals surface area (Å²) in [4.78, 5) is 22.5. The maximum absolute atomic E-state index is 13.8. The van der Waals surface area contributed by atoms with Gasteiger partial charge in [0.1, 0.15) is 5.82 Å². The Morgan fingerprint density at radius 3 is 2.57 bits per heavy atom. The molecular formula is C16H18FNO3. The van der Waals surface area contributed by atoms with Gasteiger partial charge in [-0.2, -0.15) is 0 Å². The number of carboxylic acid groups (broad SMARTS) is 1. The smallest absolute Gasteiger partial charge is 0.328 e. The van der Waals surface area contributed by atoms with Crippen molar-refractivity contribution in [2.45, 2.75) is 32.2 Å². The second-order valence-electron chi connectivity index (χ2n) is 5.86. The normalized spacial score (nSPS) is 15.2. The number of hydrogen-bond acceptors (Lipinski definition) is 2. The summed E-state index contributed by atoms with van der Waals surface area (Å²) in [6.07, 6.45) is 4.21. The molecule has 0 aliphatic heterocycles. The van der Waals surface area contributed by atoms with Gasteiger partial charge >= 0.3 is 5.97 Å². The van der Waals surface area contributed by atoms with Crippen LogP contribution < -0.4 is 5.32 Å². The predicted molar refractivity (Wildman–Crippen MR) is 77.3 cm³/mol. The van der Waals surface area contributed by atoms with Crippen LogP contribution in [-0.4, -0.2) is 22.5 Å². The monoisotopic (exact) mass is 291 g/mol. The van der Waals surface area contributed by atoms with E-state index in [0.717, 1.165) is 31.1 Å². The number of nitrogens with one attached hydrogen (secondary N) is 1. The van der Waals surface area contributed by atoms with Crippen molar-refractivity contribution in [2.24, 2.45) is 5.92 Å². The number of hydrogen-bond donors (Lipinski definition) is 2. The summed E-state index contributed by atoms with van der Waals surface area (Å²) in [5, 5.41) is 11.4. The molecule has 2 rings (SSSR count). The van der Waals surface area contributed by atoms with E-state index in [1.807, 2.05) is 13.8 Å². The molecule has 1 amide bonds. The molecule has 0 heterocycles. The second-order valence-corrected chi connectivity index (χ2v) is 5.86. The molecule has 1 aromatic carbocycles. The average molecular weight is 291 g/mol. The number of benzene rings is 1. The van der Waals surface area contributed by atoms with Crippen molar-refractivity contribution in [2.75, 3.05) is 0 Å². The van der Waals surface area contributed by atoms with Gasteiger partial charge in [0, 0.05) is 22.7 Å². The molecule has 0 unspecified atom stereocenters. The van der Waals surface area contributed by atoms with Crippen LogP contribution in [-0.2, 0) is 4.79 Å². The van der Waals surface area contributed by atoms with Gasteiger partial charge in [-0.25, -0.2) is 9.18 Å². The third kappa shape index (κ3) is 3.90. The molecule has 0 atom stereocenters. The topological polar surface area (TPSA) is 66.4 Å². The molecule has 0 radical (unpaired) electrons. The molecule has 0 spiro atoms. The van der Waals surface area contributed by atoms with Gasteiger partial charge in [-0.1, -0.05) is 6.07 Å². The van der Waals surface area contributed by atoms with Crippen LogP contribution in [0.15, 0.2) is 24.3 Å². The van der Waals surface area contributed by atoms with Gasteiger partial charge < -0.3 is 10.4 Å². The zero-order valence-corrected chi connectivity index (χ0v) is 12.0. The molecule has 0 aromatic heterocycles. The first kappa shape index (κ1) is 15.2. The molecule has 0 saturated heterocycles. The molecule has 1 saturated carbocycles. The molecule has 21 heavy (non-hydrogen) atoms. The molecule has 1 aromatic rings. The van der Waals surface area contributed by atoms with Crippen molar-refractivity contribution < 1.29 is 19.1 Å². The highest BCUT2D eigenvalue weighted by Crippen LogP contribution is 2.39. The lowest BCUT2D eigenvalue weighted by molar-refractivity contribution is -0.131. The highest BCUT2D eigenvalue weighted by molar-refractivity contribution is 5.95. The fourth-order valence-electron chi connectivity index (χ4n) is 2.24. The summed E-state index contributed by atoms with van der Waals surface area (Å²) < 4.78 is 13.8. The summed E-state index contributed by atoms with van der Waals surface area (Å²) in [5.41, 5.74) is 0.0687. The third-order valence-electron chi connectivity index (χ3n) is 3.70. The SMILES string of the molecule is CC(C)(NC(=O)c1ccc(/C=C/C(=O)O)c(F)c1)C1CC1. The summed E-state index contributed by atoms with van der Waals surface area (Å²) in [5.74, 6) is -1.62. The predicted octanol–water partition coefficient (Wildman–Crippen LogP) is 2.84. The Kier molecular flexibility index (Phi) is 4.11. The lowest BCUT2D eigenvalue weighted by Gasteiger charge is -2.26. The van der Waals surface area contributed by atoms with E-state index in [2.05, 4.69) is 5.32 Å². The second kappa shape index (κ2) is 5.68. The highest BCUT2D eigenvalue weighted by Gasteiger charge is 2.38. The summed E-state index contributed by atoms with van der Waals surface area (Å²) in [7, 11) is 0. The first-order chi connectivity index (χ1) is 9.79. The Hall–Kier alpha value is -2.17. The molecule has 2 N–H and O–H groups in total. The number of carbonyl (C=O) groups excluding carboxylic acids is 1. The van der Waals surface area contributed by atoms with Gasteiger partial charge in [0.25, 0.3) is 5.91 Å². The zero-order chi connectivity index (χ0) is 15.6. The Bertz CT molecular complexity index is 604. The highest BCUT2D eigenvalue weighted by atomic mass is 19.1. The van der Waals surface area contributed by atoms with Crippen LogP contribution in [0.25, 0.3) is 6.08 Å². The van der Waals surface area contributed by atoms with Crippen LogP contribution in [0, 0.1) is 11.7 Å². The Morgan fingerprint density at radius 1 is 1.38 bits per heavy atom. The largest absolute Gasteiger partial charge is 0.478 e.